The quantitative estimate of drug-likeness (QED) is 0.494. The van der Waals surface area contributed by atoms with Gasteiger partial charge in [-0.3, -0.25) is 14.3 Å². The number of amides is 2. The van der Waals surface area contributed by atoms with Gasteiger partial charge in [0.25, 0.3) is 0 Å². The van der Waals surface area contributed by atoms with Crippen molar-refractivity contribution in [3.8, 4) is 0 Å². The van der Waals surface area contributed by atoms with Crippen molar-refractivity contribution in [3.05, 3.63) is 75.6 Å². The molecule has 1 atom stereocenters. The summed E-state index contributed by atoms with van der Waals surface area (Å²) in [6, 6.07) is 12.7. The molecule has 2 aromatic carbocycles. The molecule has 168 valence electrons. The minimum Gasteiger partial charge on any atom is -0.326 e. The van der Waals surface area contributed by atoms with Gasteiger partial charge in [0, 0.05) is 17.8 Å². The number of hydrogen-bond donors (Lipinski definition) is 2. The van der Waals surface area contributed by atoms with Crippen molar-refractivity contribution in [1.82, 2.24) is 9.78 Å². The Kier molecular flexibility index (Phi) is 7.36. The lowest BCUT2D eigenvalue weighted by Gasteiger charge is -2.16. The monoisotopic (exact) mass is 452 g/mol. The summed E-state index contributed by atoms with van der Waals surface area (Å²) in [6.45, 7) is 9.70. The second-order valence-electron chi connectivity index (χ2n) is 8.21. The third-order valence-corrected chi connectivity index (χ3v) is 5.73. The number of anilines is 2. The first-order chi connectivity index (χ1) is 15.1. The fourth-order valence-electron chi connectivity index (χ4n) is 3.68. The zero-order valence-electron chi connectivity index (χ0n) is 19.1. The van der Waals surface area contributed by atoms with Crippen molar-refractivity contribution in [1.29, 1.82) is 0 Å². The lowest BCUT2D eigenvalue weighted by molar-refractivity contribution is -0.119. The van der Waals surface area contributed by atoms with E-state index < -0.39 is 6.04 Å². The molecule has 0 bridgehead atoms. The highest BCUT2D eigenvalue weighted by Gasteiger charge is 2.19. The number of nitrogens with zero attached hydrogens (tertiary/aromatic N) is 2. The second-order valence-corrected chi connectivity index (χ2v) is 8.62. The van der Waals surface area contributed by atoms with Crippen molar-refractivity contribution in [2.24, 2.45) is 0 Å². The van der Waals surface area contributed by atoms with Gasteiger partial charge in [0.15, 0.2) is 0 Å². The van der Waals surface area contributed by atoms with Crippen molar-refractivity contribution in [2.45, 2.75) is 53.5 Å². The van der Waals surface area contributed by atoms with Crippen molar-refractivity contribution in [3.63, 3.8) is 0 Å². The lowest BCUT2D eigenvalue weighted by atomic mass is 10.0. The molecule has 2 N–H and O–H groups in total. The molecule has 1 unspecified atom stereocenters. The molecular formula is C25H29ClN4O2. The highest BCUT2D eigenvalue weighted by atomic mass is 35.5. The largest absolute Gasteiger partial charge is 0.326 e. The Morgan fingerprint density at radius 3 is 2.41 bits per heavy atom. The van der Waals surface area contributed by atoms with Gasteiger partial charge in [0.05, 0.1) is 16.4 Å². The number of rotatable bonds is 7. The third kappa shape index (κ3) is 5.77. The van der Waals surface area contributed by atoms with Gasteiger partial charge in [-0.1, -0.05) is 35.4 Å². The first kappa shape index (κ1) is 23.5. The van der Waals surface area contributed by atoms with E-state index >= 15 is 0 Å². The number of aryl methyl sites for hydroxylation is 5. The minimum atomic E-state index is -0.482. The van der Waals surface area contributed by atoms with E-state index in [1.807, 2.05) is 19.9 Å². The summed E-state index contributed by atoms with van der Waals surface area (Å²) < 4.78 is 1.68. The van der Waals surface area contributed by atoms with Gasteiger partial charge in [0.1, 0.15) is 6.04 Å². The van der Waals surface area contributed by atoms with Crippen LogP contribution in [0.5, 0.6) is 0 Å². The van der Waals surface area contributed by atoms with Crippen LogP contribution < -0.4 is 10.6 Å². The fourth-order valence-corrected chi connectivity index (χ4v) is 3.91. The molecular weight excluding hydrogens is 424 g/mol. The molecule has 0 saturated carbocycles. The topological polar surface area (TPSA) is 76.0 Å². The van der Waals surface area contributed by atoms with Crippen LogP contribution in [0, 0.1) is 27.7 Å². The van der Waals surface area contributed by atoms with E-state index in [4.69, 9.17) is 11.6 Å². The SMILES string of the molecule is Cc1ccc(CCC(=O)Nc2ccc(NC(=O)C(C)n3nc(C)cc3C)c(Cl)c2)c(C)c1. The maximum atomic E-state index is 12.7. The van der Waals surface area contributed by atoms with Crippen LogP contribution in [0.2, 0.25) is 5.02 Å². The summed E-state index contributed by atoms with van der Waals surface area (Å²) in [6.07, 6.45) is 1.05. The van der Waals surface area contributed by atoms with Gasteiger partial charge in [-0.05, 0) is 76.4 Å². The molecule has 32 heavy (non-hydrogen) atoms. The molecule has 1 heterocycles. The molecule has 0 saturated heterocycles. The summed E-state index contributed by atoms with van der Waals surface area (Å²) in [5.41, 5.74) is 6.41. The molecule has 2 amide bonds. The fraction of sp³-hybridized carbons (Fsp3) is 0.320. The van der Waals surface area contributed by atoms with Crippen LogP contribution in [0.15, 0.2) is 42.5 Å². The molecule has 0 aliphatic carbocycles. The molecule has 3 rings (SSSR count). The molecule has 0 fully saturated rings. The molecule has 6 nitrogen and oxygen atoms in total. The van der Waals surface area contributed by atoms with Crippen LogP contribution in [0.3, 0.4) is 0 Å². The van der Waals surface area contributed by atoms with E-state index in [-0.39, 0.29) is 11.8 Å². The Morgan fingerprint density at radius 2 is 1.78 bits per heavy atom. The molecule has 3 aromatic rings. The number of hydrogen-bond acceptors (Lipinski definition) is 3. The Labute approximate surface area is 194 Å². The molecule has 0 aliphatic heterocycles. The van der Waals surface area contributed by atoms with Gasteiger partial charge >= 0.3 is 0 Å². The number of halogens is 1. The van der Waals surface area contributed by atoms with Crippen LogP contribution >= 0.6 is 11.6 Å². The highest BCUT2D eigenvalue weighted by molar-refractivity contribution is 6.34. The predicted molar refractivity (Wildman–Crippen MR) is 129 cm³/mol. The van der Waals surface area contributed by atoms with E-state index in [0.717, 1.165) is 11.4 Å². The second kappa shape index (κ2) is 10.0. The van der Waals surface area contributed by atoms with E-state index in [2.05, 4.69) is 47.8 Å². The number of benzene rings is 2. The minimum absolute atomic E-state index is 0.0871. The average molecular weight is 453 g/mol. The standard InChI is InChI=1S/C25H29ClN4O2/c1-15-6-7-20(16(2)12-15)8-11-24(31)27-21-9-10-23(22(26)14-21)28-25(32)19(5)30-18(4)13-17(3)29-30/h6-7,9-10,12-14,19H,8,11H2,1-5H3,(H,27,31)(H,28,32). The lowest BCUT2D eigenvalue weighted by Crippen LogP contribution is -2.25. The Hall–Kier alpha value is -3.12. The maximum absolute atomic E-state index is 12.7. The average Bonchev–Trinajstić information content (AvgIpc) is 3.06. The number of carbonyl (C=O) groups excluding carboxylic acids is 2. The smallest absolute Gasteiger partial charge is 0.248 e. The van der Waals surface area contributed by atoms with Crippen molar-refractivity contribution < 1.29 is 9.59 Å². The zero-order valence-corrected chi connectivity index (χ0v) is 19.9. The normalized spacial score (nSPS) is 11.8. The van der Waals surface area contributed by atoms with Gasteiger partial charge in [-0.2, -0.15) is 5.10 Å². The van der Waals surface area contributed by atoms with Crippen LogP contribution in [0.4, 0.5) is 11.4 Å². The number of aromatic nitrogens is 2. The summed E-state index contributed by atoms with van der Waals surface area (Å²) in [5.74, 6) is -0.306. The summed E-state index contributed by atoms with van der Waals surface area (Å²) in [5, 5.41) is 10.4. The van der Waals surface area contributed by atoms with Crippen molar-refractivity contribution >= 4 is 34.8 Å². The van der Waals surface area contributed by atoms with Crippen LogP contribution in [-0.2, 0) is 16.0 Å². The van der Waals surface area contributed by atoms with Crippen LogP contribution in [0.1, 0.15) is 47.5 Å². The molecule has 1 aromatic heterocycles. The Morgan fingerprint density at radius 1 is 1.03 bits per heavy atom. The van der Waals surface area contributed by atoms with Crippen molar-refractivity contribution in [2.75, 3.05) is 10.6 Å². The van der Waals surface area contributed by atoms with E-state index in [9.17, 15) is 9.59 Å². The van der Waals surface area contributed by atoms with E-state index in [1.54, 1.807) is 29.8 Å². The number of nitrogens with one attached hydrogen (secondary N) is 2. The van der Waals surface area contributed by atoms with Crippen LogP contribution in [-0.4, -0.2) is 21.6 Å². The molecule has 0 radical (unpaired) electrons. The van der Waals surface area contributed by atoms with Gasteiger partial charge in [-0.15, -0.1) is 0 Å². The zero-order chi connectivity index (χ0) is 23.4. The molecule has 0 aliphatic rings. The molecule has 0 spiro atoms. The Balaban J connectivity index is 1.59. The third-order valence-electron chi connectivity index (χ3n) is 5.42. The predicted octanol–water partition coefficient (Wildman–Crippen LogP) is 5.54. The van der Waals surface area contributed by atoms with Crippen LogP contribution in [0.25, 0.3) is 0 Å². The van der Waals surface area contributed by atoms with Gasteiger partial charge in [0.2, 0.25) is 11.8 Å². The molecule has 7 heteroatoms. The van der Waals surface area contributed by atoms with E-state index in [0.29, 0.717) is 29.2 Å². The Bertz CT molecular complexity index is 1150. The first-order valence-corrected chi connectivity index (χ1v) is 11.0. The first-order valence-electron chi connectivity index (χ1n) is 10.6. The summed E-state index contributed by atoms with van der Waals surface area (Å²) >= 11 is 6.36. The van der Waals surface area contributed by atoms with Gasteiger partial charge < -0.3 is 10.6 Å². The summed E-state index contributed by atoms with van der Waals surface area (Å²) in [7, 11) is 0. The maximum Gasteiger partial charge on any atom is 0.248 e. The van der Waals surface area contributed by atoms with Gasteiger partial charge in [-0.25, -0.2) is 0 Å². The summed E-state index contributed by atoms with van der Waals surface area (Å²) in [4.78, 5) is 25.0. The number of carbonyl (C=O) groups is 2. The van der Waals surface area contributed by atoms with E-state index in [1.165, 1.54) is 16.7 Å². The highest BCUT2D eigenvalue weighted by Crippen LogP contribution is 2.27.